The molecule has 9 heteroatoms. The van der Waals surface area contributed by atoms with Crippen molar-refractivity contribution < 1.29 is 28.7 Å². The van der Waals surface area contributed by atoms with Gasteiger partial charge in [-0.2, -0.15) is 4.98 Å². The summed E-state index contributed by atoms with van der Waals surface area (Å²) in [4.78, 5) is 27.7. The van der Waals surface area contributed by atoms with Gasteiger partial charge in [-0.3, -0.25) is 4.79 Å². The summed E-state index contributed by atoms with van der Waals surface area (Å²) in [5, 5.41) is 15.8. The lowest BCUT2D eigenvalue weighted by Gasteiger charge is -2.23. The van der Waals surface area contributed by atoms with Crippen molar-refractivity contribution in [3.63, 3.8) is 0 Å². The molecule has 1 amide bonds. The highest BCUT2D eigenvalue weighted by molar-refractivity contribution is 5.87. The number of aliphatic carboxylic acids is 1. The smallest absolute Gasteiger partial charge is 0.331 e. The maximum Gasteiger partial charge on any atom is 0.331 e. The number of methoxy groups -OCH3 is 1. The van der Waals surface area contributed by atoms with Crippen LogP contribution in [0.15, 0.2) is 28.8 Å². The molecule has 1 aromatic carbocycles. The van der Waals surface area contributed by atoms with E-state index in [4.69, 9.17) is 14.0 Å². The summed E-state index contributed by atoms with van der Waals surface area (Å²) in [6.07, 6.45) is 0.501. The quantitative estimate of drug-likeness (QED) is 0.750. The predicted molar refractivity (Wildman–Crippen MR) is 88.6 cm³/mol. The van der Waals surface area contributed by atoms with Crippen LogP contribution in [0.2, 0.25) is 0 Å². The van der Waals surface area contributed by atoms with E-state index in [-0.39, 0.29) is 25.9 Å². The van der Waals surface area contributed by atoms with Gasteiger partial charge in [0, 0.05) is 31.4 Å². The zero-order valence-electron chi connectivity index (χ0n) is 14.2. The lowest BCUT2D eigenvalue weighted by atomic mass is 9.98. The number of nitrogens with one attached hydrogen (secondary N) is 1. The van der Waals surface area contributed by atoms with Gasteiger partial charge in [0.05, 0.1) is 13.7 Å². The first-order chi connectivity index (χ1) is 12.5. The van der Waals surface area contributed by atoms with Crippen LogP contribution in [-0.4, -0.2) is 53.0 Å². The molecule has 3 rings (SSSR count). The van der Waals surface area contributed by atoms with Crippen LogP contribution in [0.5, 0.6) is 5.75 Å². The van der Waals surface area contributed by atoms with Crippen molar-refractivity contribution in [2.45, 2.75) is 24.8 Å². The summed E-state index contributed by atoms with van der Waals surface area (Å²) >= 11 is 0. The molecule has 1 aromatic heterocycles. The monoisotopic (exact) mass is 361 g/mol. The average molecular weight is 361 g/mol. The molecule has 1 saturated heterocycles. The molecule has 0 saturated carbocycles. The standard InChI is InChI=1S/C17H19N3O6/c1-24-12-4-2-11(3-5-12)15-18-14(26-20-15)7-6-13(21)19-17(16(22)23)8-9-25-10-17/h2-5H,6-10H2,1H3,(H,19,21)(H,22,23). The van der Waals surface area contributed by atoms with Gasteiger partial charge < -0.3 is 24.4 Å². The van der Waals surface area contributed by atoms with Crippen LogP contribution in [0.25, 0.3) is 11.4 Å². The summed E-state index contributed by atoms with van der Waals surface area (Å²) in [5.41, 5.74) is -0.585. The summed E-state index contributed by atoms with van der Waals surface area (Å²) < 4.78 is 15.4. The molecule has 9 nitrogen and oxygen atoms in total. The van der Waals surface area contributed by atoms with Crippen molar-refractivity contribution in [3.8, 4) is 17.1 Å². The van der Waals surface area contributed by atoms with Crippen molar-refractivity contribution in [2.24, 2.45) is 0 Å². The van der Waals surface area contributed by atoms with Crippen LogP contribution >= 0.6 is 0 Å². The number of amides is 1. The Kier molecular flexibility index (Phi) is 5.17. The van der Waals surface area contributed by atoms with Crippen molar-refractivity contribution >= 4 is 11.9 Å². The van der Waals surface area contributed by atoms with Crippen molar-refractivity contribution in [1.29, 1.82) is 0 Å². The van der Waals surface area contributed by atoms with Gasteiger partial charge in [0.15, 0.2) is 5.54 Å². The van der Waals surface area contributed by atoms with E-state index in [1.165, 1.54) is 0 Å². The fraction of sp³-hybridized carbons (Fsp3) is 0.412. The molecule has 0 aliphatic carbocycles. The third-order valence-corrected chi connectivity index (χ3v) is 4.19. The molecule has 26 heavy (non-hydrogen) atoms. The number of carbonyl (C=O) groups is 2. The van der Waals surface area contributed by atoms with Crippen LogP contribution in [-0.2, 0) is 20.7 Å². The number of hydrogen-bond donors (Lipinski definition) is 2. The third-order valence-electron chi connectivity index (χ3n) is 4.19. The highest BCUT2D eigenvalue weighted by Gasteiger charge is 2.43. The minimum atomic E-state index is -1.35. The van der Waals surface area contributed by atoms with E-state index in [0.29, 0.717) is 18.3 Å². The molecule has 0 spiro atoms. The number of carbonyl (C=O) groups excluding carboxylic acids is 1. The first-order valence-corrected chi connectivity index (χ1v) is 8.11. The molecule has 2 aromatic rings. The van der Waals surface area contributed by atoms with E-state index in [9.17, 15) is 14.7 Å². The average Bonchev–Trinajstić information content (AvgIpc) is 3.30. The molecular weight excluding hydrogens is 342 g/mol. The van der Waals surface area contributed by atoms with Crippen molar-refractivity contribution in [1.82, 2.24) is 15.5 Å². The van der Waals surface area contributed by atoms with Crippen LogP contribution in [0.3, 0.4) is 0 Å². The zero-order valence-corrected chi connectivity index (χ0v) is 14.2. The van der Waals surface area contributed by atoms with Gasteiger partial charge in [-0.05, 0) is 24.3 Å². The van der Waals surface area contributed by atoms with Crippen LogP contribution in [0.4, 0.5) is 0 Å². The normalized spacial score (nSPS) is 19.3. The topological polar surface area (TPSA) is 124 Å². The second kappa shape index (κ2) is 7.52. The molecule has 0 bridgehead atoms. The first-order valence-electron chi connectivity index (χ1n) is 8.11. The summed E-state index contributed by atoms with van der Waals surface area (Å²) in [7, 11) is 1.58. The van der Waals surface area contributed by atoms with Gasteiger partial charge in [-0.25, -0.2) is 4.79 Å². The molecule has 1 aliphatic rings. The highest BCUT2D eigenvalue weighted by atomic mass is 16.5. The number of hydrogen-bond acceptors (Lipinski definition) is 7. The molecular formula is C17H19N3O6. The van der Waals surface area contributed by atoms with Gasteiger partial charge >= 0.3 is 5.97 Å². The summed E-state index contributed by atoms with van der Waals surface area (Å²) in [6, 6.07) is 7.18. The summed E-state index contributed by atoms with van der Waals surface area (Å²) in [5.74, 6) is -0.0605. The Labute approximate surface area is 149 Å². The van der Waals surface area contributed by atoms with Gasteiger partial charge in [0.2, 0.25) is 17.6 Å². The minimum Gasteiger partial charge on any atom is -0.497 e. The number of ether oxygens (including phenoxy) is 2. The Balaban J connectivity index is 1.57. The molecule has 1 atom stereocenters. The van der Waals surface area contributed by atoms with Gasteiger partial charge in [-0.1, -0.05) is 5.16 Å². The van der Waals surface area contributed by atoms with Crippen LogP contribution in [0.1, 0.15) is 18.7 Å². The Morgan fingerprint density at radius 2 is 2.12 bits per heavy atom. The van der Waals surface area contributed by atoms with Gasteiger partial charge in [0.1, 0.15) is 5.75 Å². The second-order valence-corrected chi connectivity index (χ2v) is 5.98. The molecule has 1 aliphatic heterocycles. The fourth-order valence-electron chi connectivity index (χ4n) is 2.65. The maximum atomic E-state index is 12.1. The van der Waals surface area contributed by atoms with Crippen LogP contribution < -0.4 is 10.1 Å². The maximum absolute atomic E-state index is 12.1. The number of aryl methyl sites for hydroxylation is 1. The number of aromatic nitrogens is 2. The Hall–Kier alpha value is -2.94. The van der Waals surface area contributed by atoms with Gasteiger partial charge in [0.25, 0.3) is 0 Å². The zero-order chi connectivity index (χ0) is 18.6. The molecule has 0 radical (unpaired) electrons. The van der Waals surface area contributed by atoms with E-state index >= 15 is 0 Å². The summed E-state index contributed by atoms with van der Waals surface area (Å²) in [6.45, 7) is 0.276. The number of carboxylic acids is 1. The van der Waals surface area contributed by atoms with E-state index in [1.807, 2.05) is 0 Å². The molecule has 138 valence electrons. The highest BCUT2D eigenvalue weighted by Crippen LogP contribution is 2.21. The Bertz CT molecular complexity index is 780. The number of benzene rings is 1. The number of carboxylic acid groups (broad SMARTS) is 1. The fourth-order valence-corrected chi connectivity index (χ4v) is 2.65. The molecule has 1 fully saturated rings. The SMILES string of the molecule is COc1ccc(-c2noc(CCC(=O)NC3(C(=O)O)CCOC3)n2)cc1. The predicted octanol–water partition coefficient (Wildman–Crippen LogP) is 1.04. The van der Waals surface area contributed by atoms with E-state index in [2.05, 4.69) is 15.5 Å². The van der Waals surface area contributed by atoms with Crippen LogP contribution in [0, 0.1) is 0 Å². The van der Waals surface area contributed by atoms with Gasteiger partial charge in [-0.15, -0.1) is 0 Å². The van der Waals surface area contributed by atoms with E-state index in [0.717, 1.165) is 11.3 Å². The van der Waals surface area contributed by atoms with Crippen molar-refractivity contribution in [3.05, 3.63) is 30.2 Å². The first kappa shape index (κ1) is 17.9. The van der Waals surface area contributed by atoms with Crippen molar-refractivity contribution in [2.75, 3.05) is 20.3 Å². The second-order valence-electron chi connectivity index (χ2n) is 5.98. The number of nitrogens with zero attached hydrogens (tertiary/aromatic N) is 2. The minimum absolute atomic E-state index is 0.0315. The van der Waals surface area contributed by atoms with E-state index < -0.39 is 17.4 Å². The lowest BCUT2D eigenvalue weighted by molar-refractivity contribution is -0.147. The Morgan fingerprint density at radius 3 is 2.73 bits per heavy atom. The van der Waals surface area contributed by atoms with E-state index in [1.54, 1.807) is 31.4 Å². The third kappa shape index (κ3) is 3.83. The number of rotatable bonds is 7. The largest absolute Gasteiger partial charge is 0.497 e. The lowest BCUT2D eigenvalue weighted by Crippen LogP contribution is -2.55. The molecule has 1 unspecified atom stereocenters. The Morgan fingerprint density at radius 1 is 1.35 bits per heavy atom. The molecule has 2 N–H and O–H groups in total. The molecule has 2 heterocycles.